The molecule has 4 nitrogen and oxygen atoms in total. The lowest BCUT2D eigenvalue weighted by molar-refractivity contribution is -0.122. The number of nitrogens with one attached hydrogen (secondary N) is 1. The lowest BCUT2D eigenvalue weighted by Gasteiger charge is -2.19. The summed E-state index contributed by atoms with van der Waals surface area (Å²) in [5.74, 6) is -0.119. The van der Waals surface area contributed by atoms with Crippen molar-refractivity contribution >= 4 is 5.91 Å². The van der Waals surface area contributed by atoms with Crippen molar-refractivity contribution in [3.8, 4) is 0 Å². The summed E-state index contributed by atoms with van der Waals surface area (Å²) in [5, 5.41) is 22.2. The SMILES string of the molecule is CCCCCCC/C=C/CC/C=C/CC/C=C/C(O)C(CO)NC(=O)CCCC. The molecule has 0 saturated heterocycles. The Hall–Kier alpha value is -1.39. The Balaban J connectivity index is 3.77. The van der Waals surface area contributed by atoms with Crippen molar-refractivity contribution in [3.05, 3.63) is 36.5 Å². The van der Waals surface area contributed by atoms with Crippen LogP contribution in [0.1, 0.15) is 97.3 Å². The van der Waals surface area contributed by atoms with Crippen LogP contribution < -0.4 is 5.32 Å². The van der Waals surface area contributed by atoms with Gasteiger partial charge in [-0.25, -0.2) is 0 Å². The molecular weight excluding hydrogens is 362 g/mol. The molecule has 29 heavy (non-hydrogen) atoms. The Labute approximate surface area is 179 Å². The van der Waals surface area contributed by atoms with Crippen LogP contribution in [0, 0.1) is 0 Å². The zero-order valence-electron chi connectivity index (χ0n) is 18.8. The van der Waals surface area contributed by atoms with E-state index in [1.807, 2.05) is 13.0 Å². The van der Waals surface area contributed by atoms with Crippen LogP contribution in [0.3, 0.4) is 0 Å². The van der Waals surface area contributed by atoms with Crippen molar-refractivity contribution in [1.82, 2.24) is 5.32 Å². The van der Waals surface area contributed by atoms with E-state index in [0.717, 1.165) is 38.5 Å². The molecule has 0 aliphatic carbocycles. The number of hydrogen-bond donors (Lipinski definition) is 3. The van der Waals surface area contributed by atoms with Crippen molar-refractivity contribution < 1.29 is 15.0 Å². The predicted octanol–water partition coefficient (Wildman–Crippen LogP) is 5.60. The Kier molecular flexibility index (Phi) is 20.3. The number of carbonyl (C=O) groups excluding carboxylic acids is 1. The highest BCUT2D eigenvalue weighted by Crippen LogP contribution is 2.06. The van der Waals surface area contributed by atoms with Crippen LogP contribution in [0.4, 0.5) is 0 Å². The lowest BCUT2D eigenvalue weighted by Crippen LogP contribution is -2.45. The van der Waals surface area contributed by atoms with Crippen molar-refractivity contribution in [3.63, 3.8) is 0 Å². The van der Waals surface area contributed by atoms with Crippen LogP contribution in [-0.2, 0) is 4.79 Å². The maximum absolute atomic E-state index is 11.7. The summed E-state index contributed by atoms with van der Waals surface area (Å²) in [7, 11) is 0. The second kappa shape index (κ2) is 21.3. The maximum atomic E-state index is 11.7. The number of aliphatic hydroxyl groups excluding tert-OH is 2. The van der Waals surface area contributed by atoms with Crippen molar-refractivity contribution in [2.45, 2.75) is 109 Å². The molecule has 168 valence electrons. The Bertz CT molecular complexity index is 457. The molecule has 0 saturated carbocycles. The molecule has 0 heterocycles. The molecule has 0 aliphatic heterocycles. The molecule has 0 aromatic heterocycles. The molecule has 0 spiro atoms. The van der Waals surface area contributed by atoms with Gasteiger partial charge in [0.1, 0.15) is 0 Å². The van der Waals surface area contributed by atoms with Crippen LogP contribution in [0.5, 0.6) is 0 Å². The molecule has 0 bridgehead atoms. The van der Waals surface area contributed by atoms with Crippen LogP contribution in [0.25, 0.3) is 0 Å². The highest BCUT2D eigenvalue weighted by molar-refractivity contribution is 5.76. The monoisotopic (exact) mass is 407 g/mol. The van der Waals surface area contributed by atoms with Crippen molar-refractivity contribution in [1.29, 1.82) is 0 Å². The molecule has 0 aromatic rings. The Morgan fingerprint density at radius 3 is 1.93 bits per heavy atom. The molecule has 3 N–H and O–H groups in total. The summed E-state index contributed by atoms with van der Waals surface area (Å²) in [5.41, 5.74) is 0. The van der Waals surface area contributed by atoms with E-state index < -0.39 is 12.1 Å². The largest absolute Gasteiger partial charge is 0.394 e. The first-order valence-corrected chi connectivity index (χ1v) is 11.7. The van der Waals surface area contributed by atoms with E-state index >= 15 is 0 Å². The maximum Gasteiger partial charge on any atom is 0.220 e. The lowest BCUT2D eigenvalue weighted by atomic mass is 10.1. The van der Waals surface area contributed by atoms with E-state index in [4.69, 9.17) is 0 Å². The van der Waals surface area contributed by atoms with Crippen LogP contribution >= 0.6 is 0 Å². The highest BCUT2D eigenvalue weighted by atomic mass is 16.3. The molecular formula is C25H45NO3. The van der Waals surface area contributed by atoms with Crippen molar-refractivity contribution in [2.24, 2.45) is 0 Å². The molecule has 1 amide bonds. The number of allylic oxidation sites excluding steroid dienone is 5. The fourth-order valence-corrected chi connectivity index (χ4v) is 2.95. The molecule has 4 heteroatoms. The van der Waals surface area contributed by atoms with Gasteiger partial charge in [0.05, 0.1) is 18.8 Å². The van der Waals surface area contributed by atoms with Gasteiger partial charge in [-0.05, 0) is 44.9 Å². The number of amides is 1. The van der Waals surface area contributed by atoms with Gasteiger partial charge in [-0.1, -0.05) is 82.4 Å². The molecule has 2 atom stereocenters. The normalized spacial score (nSPS) is 14.2. The van der Waals surface area contributed by atoms with Gasteiger partial charge >= 0.3 is 0 Å². The molecule has 0 radical (unpaired) electrons. The fraction of sp³-hybridized carbons (Fsp3) is 0.720. The molecule has 0 aliphatic rings. The van der Waals surface area contributed by atoms with Crippen LogP contribution in [0.15, 0.2) is 36.5 Å². The first-order chi connectivity index (χ1) is 14.2. The minimum absolute atomic E-state index is 0.119. The van der Waals surface area contributed by atoms with Gasteiger partial charge in [-0.15, -0.1) is 0 Å². The zero-order chi connectivity index (χ0) is 21.6. The zero-order valence-corrected chi connectivity index (χ0v) is 18.8. The van der Waals surface area contributed by atoms with Crippen LogP contribution in [0.2, 0.25) is 0 Å². The van der Waals surface area contributed by atoms with Gasteiger partial charge in [0, 0.05) is 6.42 Å². The van der Waals surface area contributed by atoms with Gasteiger partial charge in [0.15, 0.2) is 0 Å². The summed E-state index contributed by atoms with van der Waals surface area (Å²) in [4.78, 5) is 11.7. The van der Waals surface area contributed by atoms with Gasteiger partial charge in [-0.3, -0.25) is 4.79 Å². The van der Waals surface area contributed by atoms with Gasteiger partial charge in [-0.2, -0.15) is 0 Å². The number of aliphatic hydroxyl groups is 2. The first-order valence-electron chi connectivity index (χ1n) is 11.7. The third kappa shape index (κ3) is 18.4. The van der Waals surface area contributed by atoms with Crippen LogP contribution in [-0.4, -0.2) is 34.9 Å². The minimum atomic E-state index is -0.860. The van der Waals surface area contributed by atoms with E-state index in [0.29, 0.717) is 6.42 Å². The smallest absolute Gasteiger partial charge is 0.220 e. The van der Waals surface area contributed by atoms with E-state index in [9.17, 15) is 15.0 Å². The topological polar surface area (TPSA) is 69.6 Å². The number of rotatable bonds is 19. The number of unbranched alkanes of at least 4 members (excludes halogenated alkanes) is 8. The van der Waals surface area contributed by atoms with Gasteiger partial charge in [0.25, 0.3) is 0 Å². The van der Waals surface area contributed by atoms with Crippen molar-refractivity contribution in [2.75, 3.05) is 6.61 Å². The Morgan fingerprint density at radius 2 is 1.34 bits per heavy atom. The molecule has 0 rings (SSSR count). The van der Waals surface area contributed by atoms with Gasteiger partial charge in [0.2, 0.25) is 5.91 Å². The second-order valence-electron chi connectivity index (χ2n) is 7.68. The highest BCUT2D eigenvalue weighted by Gasteiger charge is 2.17. The summed E-state index contributed by atoms with van der Waals surface area (Å²) >= 11 is 0. The quantitative estimate of drug-likeness (QED) is 0.193. The summed E-state index contributed by atoms with van der Waals surface area (Å²) in [6.45, 7) is 4.00. The van der Waals surface area contributed by atoms with E-state index in [2.05, 4.69) is 36.5 Å². The number of carbonyl (C=O) groups is 1. The summed E-state index contributed by atoms with van der Waals surface area (Å²) < 4.78 is 0. The average molecular weight is 408 g/mol. The van der Waals surface area contributed by atoms with E-state index in [-0.39, 0.29) is 12.5 Å². The van der Waals surface area contributed by atoms with E-state index in [1.54, 1.807) is 6.08 Å². The molecule has 0 aromatic carbocycles. The summed E-state index contributed by atoms with van der Waals surface area (Å²) in [6.07, 6.45) is 25.7. The Morgan fingerprint density at radius 1 is 0.793 bits per heavy atom. The molecule has 0 fully saturated rings. The average Bonchev–Trinajstić information content (AvgIpc) is 2.73. The minimum Gasteiger partial charge on any atom is -0.394 e. The summed E-state index contributed by atoms with van der Waals surface area (Å²) in [6, 6.07) is -0.635. The second-order valence-corrected chi connectivity index (χ2v) is 7.68. The number of hydrogen-bond acceptors (Lipinski definition) is 3. The first kappa shape index (κ1) is 27.6. The standard InChI is InChI=1S/C25H45NO3/c1-3-5-7-8-9-10-11-12-13-14-15-16-17-18-19-20-24(28)23(22-27)26-25(29)21-6-4-2/h11-12,15-16,19-20,23-24,27-28H,3-10,13-14,17-18,21-22H2,1-2H3,(H,26,29)/b12-11+,16-15+,20-19+. The molecule has 2 unspecified atom stereocenters. The predicted molar refractivity (Wildman–Crippen MR) is 124 cm³/mol. The third-order valence-corrected chi connectivity index (χ3v) is 4.85. The van der Waals surface area contributed by atoms with E-state index in [1.165, 1.54) is 38.5 Å². The third-order valence-electron chi connectivity index (χ3n) is 4.85. The fourth-order valence-electron chi connectivity index (χ4n) is 2.95. The van der Waals surface area contributed by atoms with Gasteiger partial charge < -0.3 is 15.5 Å².